The molecule has 0 atom stereocenters. The van der Waals surface area contributed by atoms with Gasteiger partial charge in [-0.15, -0.1) is 11.3 Å². The highest BCUT2D eigenvalue weighted by atomic mass is 32.1. The molecule has 1 spiro atoms. The van der Waals surface area contributed by atoms with Crippen LogP contribution >= 0.6 is 11.3 Å². The van der Waals surface area contributed by atoms with Crippen molar-refractivity contribution in [3.8, 4) is 0 Å². The summed E-state index contributed by atoms with van der Waals surface area (Å²) >= 11 is 1.98. The molecule has 1 fully saturated rings. The van der Waals surface area contributed by atoms with Crippen molar-refractivity contribution in [2.24, 2.45) is 15.9 Å². The molecule has 3 rings (SSSR count). The fourth-order valence-corrected chi connectivity index (χ4v) is 5.35. The maximum Gasteiger partial charge on any atom is 0.0966 e. The largest absolute Gasteiger partial charge is 0.370 e. The van der Waals surface area contributed by atoms with Crippen LogP contribution < -0.4 is 5.84 Å². The van der Waals surface area contributed by atoms with Crippen molar-refractivity contribution in [1.29, 1.82) is 0 Å². The quantitative estimate of drug-likeness (QED) is 0.438. The van der Waals surface area contributed by atoms with E-state index in [0.717, 1.165) is 70.5 Å². The van der Waals surface area contributed by atoms with Gasteiger partial charge in [0.15, 0.2) is 0 Å². The molecule has 27 heavy (non-hydrogen) atoms. The highest BCUT2D eigenvalue weighted by Crippen LogP contribution is 2.44. The minimum Gasteiger partial charge on any atom is -0.370 e. The molecule has 0 unspecified atom stereocenters. The van der Waals surface area contributed by atoms with Crippen molar-refractivity contribution in [3.63, 3.8) is 0 Å². The third kappa shape index (κ3) is 4.61. The number of aryl methyl sites for hydroxylation is 1. The highest BCUT2D eigenvalue weighted by Gasteiger charge is 2.41. The van der Waals surface area contributed by atoms with Gasteiger partial charge < -0.3 is 10.6 Å². The molecule has 150 valence electrons. The fourth-order valence-electron chi connectivity index (χ4n) is 4.17. The number of nitrogens with two attached hydrogens (primary N) is 1. The third-order valence-corrected chi connectivity index (χ3v) is 7.34. The molecule has 3 heterocycles. The second-order valence-electron chi connectivity index (χ2n) is 7.64. The summed E-state index contributed by atoms with van der Waals surface area (Å²) < 4.78 is 6.38. The first-order chi connectivity index (χ1) is 13.1. The monoisotopic (exact) mass is 390 g/mol. The van der Waals surface area contributed by atoms with Crippen molar-refractivity contribution in [1.82, 2.24) is 4.90 Å². The summed E-state index contributed by atoms with van der Waals surface area (Å²) in [6.07, 6.45) is 8.26. The summed E-state index contributed by atoms with van der Waals surface area (Å²) in [7, 11) is 0. The lowest BCUT2D eigenvalue weighted by Gasteiger charge is -2.44. The molecular formula is C21H34N4OS. The van der Waals surface area contributed by atoms with Crippen molar-refractivity contribution >= 4 is 23.3 Å². The fraction of sp³-hybridized carbons (Fsp3) is 0.714. The molecule has 6 heteroatoms. The number of ether oxygens (including phenoxy) is 1. The molecule has 0 saturated carbocycles. The van der Waals surface area contributed by atoms with Crippen molar-refractivity contribution in [2.75, 3.05) is 26.2 Å². The number of hydrogen-bond acceptors (Lipinski definition) is 6. The molecule has 1 aromatic heterocycles. The van der Waals surface area contributed by atoms with E-state index in [1.807, 2.05) is 17.6 Å². The van der Waals surface area contributed by atoms with E-state index in [1.165, 1.54) is 10.4 Å². The van der Waals surface area contributed by atoms with E-state index < -0.39 is 0 Å². The summed E-state index contributed by atoms with van der Waals surface area (Å²) in [6, 6.07) is 2.77. The van der Waals surface area contributed by atoms with E-state index >= 15 is 0 Å². The smallest absolute Gasteiger partial charge is 0.0966 e. The normalized spacial score (nSPS) is 20.7. The van der Waals surface area contributed by atoms with Crippen LogP contribution in [0, 0.1) is 0 Å². The Bertz CT molecular complexity index is 670. The number of piperidine rings is 1. The van der Waals surface area contributed by atoms with Gasteiger partial charge in [-0.3, -0.25) is 9.89 Å². The molecule has 5 nitrogen and oxygen atoms in total. The molecule has 1 aromatic rings. The van der Waals surface area contributed by atoms with Crippen LogP contribution in [0.3, 0.4) is 0 Å². The van der Waals surface area contributed by atoms with Gasteiger partial charge in [-0.05, 0) is 43.7 Å². The summed E-state index contributed by atoms with van der Waals surface area (Å²) in [6.45, 7) is 10.2. The second-order valence-corrected chi connectivity index (χ2v) is 8.86. The minimum atomic E-state index is -0.0718. The maximum atomic E-state index is 6.38. The average molecular weight is 391 g/mol. The first-order valence-corrected chi connectivity index (χ1v) is 11.2. The third-order valence-electron chi connectivity index (χ3n) is 6.00. The van der Waals surface area contributed by atoms with E-state index in [4.69, 9.17) is 10.6 Å². The van der Waals surface area contributed by atoms with Crippen LogP contribution in [0.15, 0.2) is 16.2 Å². The van der Waals surface area contributed by atoms with Gasteiger partial charge in [0.05, 0.1) is 17.9 Å². The Morgan fingerprint density at radius 3 is 2.70 bits per heavy atom. The Morgan fingerprint density at radius 2 is 2.07 bits per heavy atom. The number of aliphatic imine (C=N–C) groups is 1. The lowest BCUT2D eigenvalue weighted by molar-refractivity contribution is -0.0953. The SMILES string of the molecule is CCc1cc2c(s1)CCOC21CCN(CC(C=NC(CC)CC)=NN)CC1. The van der Waals surface area contributed by atoms with Crippen LogP contribution in [0.2, 0.25) is 0 Å². The van der Waals surface area contributed by atoms with Gasteiger partial charge in [0.25, 0.3) is 0 Å². The number of nitrogens with zero attached hydrogens (tertiary/aromatic N) is 3. The van der Waals surface area contributed by atoms with Gasteiger partial charge in [0.2, 0.25) is 0 Å². The number of hydrazone groups is 1. The van der Waals surface area contributed by atoms with Crippen LogP contribution in [0.25, 0.3) is 0 Å². The molecular weight excluding hydrogens is 356 g/mol. The van der Waals surface area contributed by atoms with Gasteiger partial charge in [-0.1, -0.05) is 20.8 Å². The maximum absolute atomic E-state index is 6.38. The van der Waals surface area contributed by atoms with Crippen molar-refractivity contribution < 1.29 is 4.74 Å². The van der Waals surface area contributed by atoms with Crippen LogP contribution in [-0.2, 0) is 23.2 Å². The molecule has 2 N–H and O–H groups in total. The number of likely N-dealkylation sites (tertiary alicyclic amines) is 1. The number of fused-ring (bicyclic) bond motifs is 2. The molecule has 2 aliphatic rings. The predicted octanol–water partition coefficient (Wildman–Crippen LogP) is 3.75. The molecule has 2 aliphatic heterocycles. The molecule has 0 aliphatic carbocycles. The average Bonchev–Trinajstić information content (AvgIpc) is 3.14. The Morgan fingerprint density at radius 1 is 1.33 bits per heavy atom. The zero-order valence-electron chi connectivity index (χ0n) is 17.0. The Labute approximate surface area is 167 Å². The van der Waals surface area contributed by atoms with E-state index in [1.54, 1.807) is 4.88 Å². The molecule has 0 amide bonds. The van der Waals surface area contributed by atoms with Crippen molar-refractivity contribution in [2.45, 2.75) is 70.9 Å². The number of thiophene rings is 1. The van der Waals surface area contributed by atoms with Crippen LogP contribution in [-0.4, -0.2) is 49.1 Å². The van der Waals surface area contributed by atoms with E-state index in [9.17, 15) is 0 Å². The van der Waals surface area contributed by atoms with Crippen molar-refractivity contribution in [3.05, 3.63) is 21.4 Å². The molecule has 0 radical (unpaired) electrons. The first kappa shape index (κ1) is 20.5. The van der Waals surface area contributed by atoms with Gasteiger partial charge in [0.1, 0.15) is 0 Å². The zero-order valence-corrected chi connectivity index (χ0v) is 17.9. The summed E-state index contributed by atoms with van der Waals surface area (Å²) in [5.41, 5.74) is 2.27. The number of hydrogen-bond donors (Lipinski definition) is 1. The van der Waals surface area contributed by atoms with Crippen LogP contribution in [0.4, 0.5) is 0 Å². The van der Waals surface area contributed by atoms with Gasteiger partial charge >= 0.3 is 0 Å². The summed E-state index contributed by atoms with van der Waals surface area (Å²) in [5, 5.41) is 3.97. The predicted molar refractivity (Wildman–Crippen MR) is 115 cm³/mol. The molecule has 1 saturated heterocycles. The summed E-state index contributed by atoms with van der Waals surface area (Å²) in [5.74, 6) is 5.62. The summed E-state index contributed by atoms with van der Waals surface area (Å²) in [4.78, 5) is 10.1. The lowest BCUT2D eigenvalue weighted by atomic mass is 9.82. The van der Waals surface area contributed by atoms with Gasteiger partial charge in [-0.2, -0.15) is 5.10 Å². The lowest BCUT2D eigenvalue weighted by Crippen LogP contribution is -2.47. The standard InChI is InChI=1S/C21H34N4OS/c1-4-16(5-2)23-14-17(24-22)15-25-10-8-21(9-11-25)19-13-18(6-3)27-20(19)7-12-26-21/h13-14,16H,4-12,15,22H2,1-3H3. The van der Waals surface area contributed by atoms with E-state index in [0.29, 0.717) is 6.04 Å². The zero-order chi connectivity index (χ0) is 19.3. The second kappa shape index (κ2) is 9.30. The number of rotatable bonds is 7. The molecule has 0 bridgehead atoms. The van der Waals surface area contributed by atoms with Crippen LogP contribution in [0.1, 0.15) is 61.8 Å². The van der Waals surface area contributed by atoms with Gasteiger partial charge in [-0.25, -0.2) is 0 Å². The highest BCUT2D eigenvalue weighted by molar-refractivity contribution is 7.12. The Kier molecular flexibility index (Phi) is 7.06. The topological polar surface area (TPSA) is 63.2 Å². The molecule has 0 aromatic carbocycles. The van der Waals surface area contributed by atoms with Gasteiger partial charge in [0, 0.05) is 48.1 Å². The van der Waals surface area contributed by atoms with E-state index in [2.05, 4.69) is 41.8 Å². The Balaban J connectivity index is 1.62. The van der Waals surface area contributed by atoms with E-state index in [-0.39, 0.29) is 5.60 Å². The Hall–Kier alpha value is -1.24. The van der Waals surface area contributed by atoms with Crippen LogP contribution in [0.5, 0.6) is 0 Å². The first-order valence-electron chi connectivity index (χ1n) is 10.4. The minimum absolute atomic E-state index is 0.0718.